The molecule has 1 nitrogen and oxygen atoms in total. The van der Waals surface area contributed by atoms with Gasteiger partial charge < -0.3 is 5.32 Å². The van der Waals surface area contributed by atoms with Crippen LogP contribution in [0.3, 0.4) is 0 Å². The van der Waals surface area contributed by atoms with Crippen LogP contribution in [0.4, 0.5) is 0 Å². The lowest BCUT2D eigenvalue weighted by Crippen LogP contribution is -2.19. The van der Waals surface area contributed by atoms with Crippen molar-refractivity contribution in [3.05, 3.63) is 0 Å². The number of hydrogen-bond acceptors (Lipinski definition) is 1. The quantitative estimate of drug-likeness (QED) is 0.497. The van der Waals surface area contributed by atoms with Gasteiger partial charge in [0.25, 0.3) is 0 Å². The van der Waals surface area contributed by atoms with E-state index in [-0.39, 0.29) is 0 Å². The maximum Gasteiger partial charge on any atom is 0.0753 e. The lowest BCUT2D eigenvalue weighted by molar-refractivity contribution is 0.721. The lowest BCUT2D eigenvalue weighted by atomic mass is 10.2. The fraction of sp³-hybridized carbons (Fsp3) is 0.833. The van der Waals surface area contributed by atoms with Crippen LogP contribution in [0.2, 0.25) is 0 Å². The predicted molar refractivity (Wildman–Crippen MR) is 39.1 cm³/mol. The molecule has 1 aliphatic rings. The fourth-order valence-corrected chi connectivity index (χ4v) is 1.15. The average Bonchev–Trinajstić information content (AvgIpc) is 1.94. The minimum atomic E-state index is 1.06. The van der Waals surface area contributed by atoms with Gasteiger partial charge in [0.15, 0.2) is 0 Å². The lowest BCUT2D eigenvalue weighted by Gasteiger charge is -1.97. The van der Waals surface area contributed by atoms with Crippen LogP contribution in [-0.4, -0.2) is 11.5 Å². The summed E-state index contributed by atoms with van der Waals surface area (Å²) in [5.74, 6) is 0. The van der Waals surface area contributed by atoms with Gasteiger partial charge in [-0.15, -0.1) is 0 Å². The fourth-order valence-electron chi connectivity index (χ4n) is 0.904. The molecule has 1 N–H and O–H groups in total. The maximum atomic E-state index is 4.98. The van der Waals surface area contributed by atoms with Gasteiger partial charge in [0, 0.05) is 6.54 Å². The first-order valence-electron chi connectivity index (χ1n) is 3.16. The molecule has 1 fully saturated rings. The van der Waals surface area contributed by atoms with Crippen LogP contribution >= 0.6 is 12.2 Å². The third-order valence-corrected chi connectivity index (χ3v) is 1.75. The van der Waals surface area contributed by atoms with Crippen molar-refractivity contribution in [3.8, 4) is 0 Å². The van der Waals surface area contributed by atoms with E-state index in [2.05, 4.69) is 5.32 Å². The first kappa shape index (κ1) is 6.02. The van der Waals surface area contributed by atoms with Crippen LogP contribution in [0.25, 0.3) is 0 Å². The first-order chi connectivity index (χ1) is 3.89. The zero-order valence-corrected chi connectivity index (χ0v) is 5.76. The molecule has 0 radical (unpaired) electrons. The molecule has 8 heavy (non-hydrogen) atoms. The summed E-state index contributed by atoms with van der Waals surface area (Å²) in [6.45, 7) is 1.10. The van der Waals surface area contributed by atoms with Crippen molar-refractivity contribution < 1.29 is 0 Å². The molecule has 1 saturated heterocycles. The van der Waals surface area contributed by atoms with E-state index >= 15 is 0 Å². The second kappa shape index (κ2) is 3.02. The van der Waals surface area contributed by atoms with E-state index in [1.54, 1.807) is 0 Å². The highest BCUT2D eigenvalue weighted by molar-refractivity contribution is 7.80. The molecule has 0 amide bonds. The molecule has 1 aliphatic heterocycles. The summed E-state index contributed by atoms with van der Waals surface area (Å²) < 4.78 is 0. The minimum absolute atomic E-state index is 1.06. The summed E-state index contributed by atoms with van der Waals surface area (Å²) in [4.78, 5) is 1.06. The highest BCUT2D eigenvalue weighted by atomic mass is 32.1. The molecule has 0 spiro atoms. The van der Waals surface area contributed by atoms with Crippen molar-refractivity contribution in [2.45, 2.75) is 25.7 Å². The van der Waals surface area contributed by atoms with Gasteiger partial charge in [-0.25, -0.2) is 0 Å². The Hall–Kier alpha value is -0.110. The maximum absolute atomic E-state index is 4.98. The third kappa shape index (κ3) is 1.78. The number of hydrogen-bond donors (Lipinski definition) is 1. The number of nitrogens with one attached hydrogen (secondary N) is 1. The van der Waals surface area contributed by atoms with Gasteiger partial charge in [-0.2, -0.15) is 0 Å². The molecule has 1 heterocycles. The highest BCUT2D eigenvalue weighted by Gasteiger charge is 1.99. The molecule has 0 aliphatic carbocycles. The van der Waals surface area contributed by atoms with E-state index in [1.807, 2.05) is 0 Å². The van der Waals surface area contributed by atoms with Crippen molar-refractivity contribution >= 4 is 17.2 Å². The Balaban J connectivity index is 2.27. The second-order valence-corrected chi connectivity index (χ2v) is 2.65. The topological polar surface area (TPSA) is 12.0 Å². The van der Waals surface area contributed by atoms with Crippen molar-refractivity contribution in [3.63, 3.8) is 0 Å². The van der Waals surface area contributed by atoms with E-state index in [4.69, 9.17) is 12.2 Å². The third-order valence-electron chi connectivity index (χ3n) is 1.40. The predicted octanol–water partition coefficient (Wildman–Crippen LogP) is 1.48. The molecular weight excluding hydrogens is 118 g/mol. The smallest absolute Gasteiger partial charge is 0.0753 e. The standard InChI is InChI=1S/C6H11NS/c8-6-4-2-1-3-5-7-6/h1-5H2,(H,7,8). The SMILES string of the molecule is S=C1CCCCCN1. The first-order valence-corrected chi connectivity index (χ1v) is 3.57. The molecular formula is C6H11NS. The molecule has 0 atom stereocenters. The van der Waals surface area contributed by atoms with Crippen molar-refractivity contribution in [1.82, 2.24) is 5.32 Å². The zero-order chi connectivity index (χ0) is 5.82. The van der Waals surface area contributed by atoms with E-state index < -0.39 is 0 Å². The second-order valence-electron chi connectivity index (χ2n) is 2.16. The summed E-state index contributed by atoms with van der Waals surface area (Å²) in [7, 11) is 0. The van der Waals surface area contributed by atoms with Crippen LogP contribution in [0.15, 0.2) is 0 Å². The van der Waals surface area contributed by atoms with Crippen LogP contribution in [0.5, 0.6) is 0 Å². The summed E-state index contributed by atoms with van der Waals surface area (Å²) in [5, 5.41) is 3.18. The van der Waals surface area contributed by atoms with Gasteiger partial charge in [0.1, 0.15) is 0 Å². The van der Waals surface area contributed by atoms with Crippen molar-refractivity contribution in [2.75, 3.05) is 6.54 Å². The summed E-state index contributed by atoms with van der Waals surface area (Å²) in [6.07, 6.45) is 5.02. The molecule has 1 rings (SSSR count). The Morgan fingerprint density at radius 3 is 3.00 bits per heavy atom. The van der Waals surface area contributed by atoms with E-state index in [9.17, 15) is 0 Å². The van der Waals surface area contributed by atoms with Gasteiger partial charge in [-0.3, -0.25) is 0 Å². The number of rotatable bonds is 0. The molecule has 0 aromatic heterocycles. The Morgan fingerprint density at radius 1 is 1.25 bits per heavy atom. The van der Waals surface area contributed by atoms with E-state index in [1.165, 1.54) is 19.3 Å². The Morgan fingerprint density at radius 2 is 2.12 bits per heavy atom. The highest BCUT2D eigenvalue weighted by Crippen LogP contribution is 2.03. The monoisotopic (exact) mass is 129 g/mol. The molecule has 46 valence electrons. The molecule has 2 heteroatoms. The summed E-state index contributed by atoms with van der Waals surface area (Å²) in [6, 6.07) is 0. The Kier molecular flexibility index (Phi) is 2.27. The van der Waals surface area contributed by atoms with Gasteiger partial charge in [-0.05, 0) is 19.3 Å². The molecule has 0 bridgehead atoms. The molecule has 0 unspecified atom stereocenters. The average molecular weight is 129 g/mol. The van der Waals surface area contributed by atoms with Crippen LogP contribution < -0.4 is 5.32 Å². The van der Waals surface area contributed by atoms with Crippen molar-refractivity contribution in [2.24, 2.45) is 0 Å². The molecule has 0 saturated carbocycles. The largest absolute Gasteiger partial charge is 0.380 e. The Bertz CT molecular complexity index is 80.5. The van der Waals surface area contributed by atoms with Crippen molar-refractivity contribution in [1.29, 1.82) is 0 Å². The molecule has 0 aromatic carbocycles. The molecule has 0 aromatic rings. The van der Waals surface area contributed by atoms with E-state index in [0.717, 1.165) is 18.0 Å². The van der Waals surface area contributed by atoms with Gasteiger partial charge >= 0.3 is 0 Å². The zero-order valence-electron chi connectivity index (χ0n) is 4.94. The Labute approximate surface area is 55.5 Å². The van der Waals surface area contributed by atoms with E-state index in [0.29, 0.717) is 0 Å². The van der Waals surface area contributed by atoms with Crippen LogP contribution in [-0.2, 0) is 0 Å². The van der Waals surface area contributed by atoms with Gasteiger partial charge in [0.2, 0.25) is 0 Å². The van der Waals surface area contributed by atoms with Crippen LogP contribution in [0.1, 0.15) is 25.7 Å². The van der Waals surface area contributed by atoms with Crippen LogP contribution in [0, 0.1) is 0 Å². The summed E-state index contributed by atoms with van der Waals surface area (Å²) in [5.41, 5.74) is 0. The minimum Gasteiger partial charge on any atom is -0.380 e. The van der Waals surface area contributed by atoms with Gasteiger partial charge in [-0.1, -0.05) is 18.6 Å². The summed E-state index contributed by atoms with van der Waals surface area (Å²) >= 11 is 4.98. The van der Waals surface area contributed by atoms with Gasteiger partial charge in [0.05, 0.1) is 4.99 Å². The number of thiocarbonyl (C=S) groups is 1. The normalized spacial score (nSPS) is 21.8.